The Morgan fingerprint density at radius 3 is 2.65 bits per heavy atom. The fourth-order valence-electron chi connectivity index (χ4n) is 4.94. The van der Waals surface area contributed by atoms with Gasteiger partial charge in [0.1, 0.15) is 5.75 Å². The minimum Gasteiger partial charge on any atom is -0.497 e. The molecule has 160 valence electrons. The molecule has 0 aliphatic carbocycles. The molecule has 0 saturated carbocycles. The van der Waals surface area contributed by atoms with E-state index in [0.29, 0.717) is 11.7 Å². The van der Waals surface area contributed by atoms with Crippen molar-refractivity contribution < 1.29 is 14.1 Å². The summed E-state index contributed by atoms with van der Waals surface area (Å²) in [6, 6.07) is 15.5. The van der Waals surface area contributed by atoms with Gasteiger partial charge in [-0.05, 0) is 56.3 Å². The summed E-state index contributed by atoms with van der Waals surface area (Å²) in [6.07, 6.45) is 0.919. The molecule has 1 aromatic heterocycles. The van der Waals surface area contributed by atoms with E-state index in [1.165, 1.54) is 0 Å². The molecule has 5 rings (SSSR count). The summed E-state index contributed by atoms with van der Waals surface area (Å²) in [6.45, 7) is 4.37. The van der Waals surface area contributed by atoms with E-state index in [1.54, 1.807) is 7.11 Å². The first-order valence-corrected chi connectivity index (χ1v) is 10.5. The summed E-state index contributed by atoms with van der Waals surface area (Å²) < 4.78 is 10.8. The van der Waals surface area contributed by atoms with Crippen LogP contribution in [0.3, 0.4) is 0 Å². The Balaban J connectivity index is 1.27. The lowest BCUT2D eigenvalue weighted by molar-refractivity contribution is 0.0114. The molecule has 3 aromatic rings. The summed E-state index contributed by atoms with van der Waals surface area (Å²) in [5.74, 6) is 2.12. The summed E-state index contributed by atoms with van der Waals surface area (Å²) in [5, 5.41) is 4.26. The monoisotopic (exact) mass is 418 g/mol. The molecule has 1 amide bonds. The van der Waals surface area contributed by atoms with Gasteiger partial charge in [0.15, 0.2) is 5.82 Å². The molecule has 1 atom stereocenters. The maximum absolute atomic E-state index is 13.0. The quantitative estimate of drug-likeness (QED) is 0.645. The third-order valence-corrected chi connectivity index (χ3v) is 6.51. The molecule has 0 radical (unpaired) electrons. The third kappa shape index (κ3) is 3.49. The zero-order chi connectivity index (χ0) is 21.6. The molecule has 7 nitrogen and oxygen atoms in total. The van der Waals surface area contributed by atoms with Crippen LogP contribution in [-0.4, -0.2) is 59.6 Å². The van der Waals surface area contributed by atoms with Gasteiger partial charge < -0.3 is 14.2 Å². The molecular weight excluding hydrogens is 392 g/mol. The highest BCUT2D eigenvalue weighted by Gasteiger charge is 2.53. The van der Waals surface area contributed by atoms with Crippen LogP contribution in [0.2, 0.25) is 0 Å². The summed E-state index contributed by atoms with van der Waals surface area (Å²) in [5.41, 5.74) is 2.69. The van der Waals surface area contributed by atoms with Crippen LogP contribution < -0.4 is 4.74 Å². The Morgan fingerprint density at radius 2 is 1.94 bits per heavy atom. The van der Waals surface area contributed by atoms with Gasteiger partial charge in [0.25, 0.3) is 11.8 Å². The van der Waals surface area contributed by atoms with Crippen LogP contribution in [0.4, 0.5) is 0 Å². The van der Waals surface area contributed by atoms with Crippen molar-refractivity contribution in [3.63, 3.8) is 0 Å². The smallest absolute Gasteiger partial charge is 0.257 e. The Kier molecular flexibility index (Phi) is 4.78. The number of likely N-dealkylation sites (tertiary alicyclic amines) is 2. The molecule has 2 aliphatic rings. The van der Waals surface area contributed by atoms with Crippen molar-refractivity contribution >= 4 is 5.91 Å². The van der Waals surface area contributed by atoms with E-state index in [9.17, 15) is 4.79 Å². The lowest BCUT2D eigenvalue weighted by atomic mass is 9.77. The van der Waals surface area contributed by atoms with E-state index >= 15 is 0 Å². The Morgan fingerprint density at radius 1 is 1.16 bits per heavy atom. The third-order valence-electron chi connectivity index (χ3n) is 6.51. The van der Waals surface area contributed by atoms with Crippen LogP contribution in [0.1, 0.15) is 34.2 Å². The predicted octanol–water partition coefficient (Wildman–Crippen LogP) is 3.57. The number of hydrogen-bond acceptors (Lipinski definition) is 6. The second-order valence-electron chi connectivity index (χ2n) is 8.80. The number of rotatable bonds is 4. The summed E-state index contributed by atoms with van der Waals surface area (Å²) in [4.78, 5) is 21.9. The second-order valence-corrected chi connectivity index (χ2v) is 8.80. The lowest BCUT2D eigenvalue weighted by Gasteiger charge is -2.48. The first-order valence-electron chi connectivity index (χ1n) is 10.5. The van der Waals surface area contributed by atoms with E-state index in [2.05, 4.69) is 22.1 Å². The number of nitrogens with zero attached hydrogens (tertiary/aromatic N) is 4. The molecule has 2 fully saturated rings. The van der Waals surface area contributed by atoms with Gasteiger partial charge in [-0.1, -0.05) is 23.4 Å². The first kappa shape index (κ1) is 19.8. The van der Waals surface area contributed by atoms with E-state index in [0.717, 1.165) is 48.5 Å². The van der Waals surface area contributed by atoms with Gasteiger partial charge in [0.2, 0.25) is 0 Å². The van der Waals surface area contributed by atoms with Crippen LogP contribution in [0.5, 0.6) is 5.75 Å². The number of aryl methyl sites for hydroxylation is 1. The highest BCUT2D eigenvalue weighted by atomic mass is 16.5. The summed E-state index contributed by atoms with van der Waals surface area (Å²) >= 11 is 0. The number of aromatic nitrogens is 2. The normalized spacial score (nSPS) is 20.1. The molecule has 2 aromatic carbocycles. The van der Waals surface area contributed by atoms with E-state index in [1.807, 2.05) is 60.4 Å². The minimum absolute atomic E-state index is 0.0859. The predicted molar refractivity (Wildman–Crippen MR) is 116 cm³/mol. The highest BCUT2D eigenvalue weighted by molar-refractivity contribution is 5.96. The van der Waals surface area contributed by atoms with Crippen LogP contribution in [0, 0.1) is 12.3 Å². The van der Waals surface area contributed by atoms with E-state index in [-0.39, 0.29) is 17.4 Å². The highest BCUT2D eigenvalue weighted by Crippen LogP contribution is 2.47. The van der Waals surface area contributed by atoms with Crippen molar-refractivity contribution in [3.05, 3.63) is 65.5 Å². The zero-order valence-electron chi connectivity index (χ0n) is 18.0. The maximum atomic E-state index is 13.0. The molecule has 31 heavy (non-hydrogen) atoms. The van der Waals surface area contributed by atoms with Gasteiger partial charge >= 0.3 is 0 Å². The standard InChI is InChI=1S/C24H26N4O3/c1-16-11-18(30-3)9-10-19(16)23(29)28-14-24(15-28)12-20(27(2)13-24)21-25-22(31-26-21)17-7-5-4-6-8-17/h4-11,20H,12-15H2,1-3H3. The van der Waals surface area contributed by atoms with Crippen LogP contribution in [-0.2, 0) is 0 Å². The molecule has 7 heteroatoms. The molecule has 2 saturated heterocycles. The van der Waals surface area contributed by atoms with Gasteiger partial charge in [-0.25, -0.2) is 0 Å². The number of hydrogen-bond donors (Lipinski definition) is 0. The number of amides is 1. The number of methoxy groups -OCH3 is 1. The minimum atomic E-state index is 0.0859. The number of benzene rings is 2. The Bertz CT molecular complexity index is 1110. The van der Waals surface area contributed by atoms with Crippen LogP contribution in [0.25, 0.3) is 11.5 Å². The van der Waals surface area contributed by atoms with Crippen molar-refractivity contribution in [2.24, 2.45) is 5.41 Å². The second kappa shape index (κ2) is 7.50. The fourth-order valence-corrected chi connectivity index (χ4v) is 4.94. The number of carbonyl (C=O) groups is 1. The number of carbonyl (C=O) groups excluding carboxylic acids is 1. The first-order chi connectivity index (χ1) is 15.0. The zero-order valence-corrected chi connectivity index (χ0v) is 18.0. The number of ether oxygens (including phenoxy) is 1. The Labute approximate surface area is 181 Å². The van der Waals surface area contributed by atoms with Crippen molar-refractivity contribution in [1.82, 2.24) is 19.9 Å². The molecule has 1 unspecified atom stereocenters. The van der Waals surface area contributed by atoms with Gasteiger partial charge in [0.05, 0.1) is 13.2 Å². The van der Waals surface area contributed by atoms with E-state index < -0.39 is 0 Å². The largest absolute Gasteiger partial charge is 0.497 e. The van der Waals surface area contributed by atoms with Crippen LogP contribution >= 0.6 is 0 Å². The Hall–Kier alpha value is -3.19. The van der Waals surface area contributed by atoms with Crippen molar-refractivity contribution in [1.29, 1.82) is 0 Å². The maximum Gasteiger partial charge on any atom is 0.257 e. The van der Waals surface area contributed by atoms with Gasteiger partial charge in [-0.15, -0.1) is 0 Å². The average molecular weight is 418 g/mol. The van der Waals surface area contributed by atoms with Crippen molar-refractivity contribution in [2.75, 3.05) is 33.8 Å². The molecule has 3 heterocycles. The topological polar surface area (TPSA) is 71.7 Å². The van der Waals surface area contributed by atoms with Crippen molar-refractivity contribution in [2.45, 2.75) is 19.4 Å². The van der Waals surface area contributed by atoms with Gasteiger partial charge in [-0.3, -0.25) is 9.69 Å². The SMILES string of the molecule is COc1ccc(C(=O)N2CC3(CC(c4noc(-c5ccccc5)n4)N(C)C3)C2)c(C)c1. The molecular formula is C24H26N4O3. The lowest BCUT2D eigenvalue weighted by Crippen LogP contribution is -2.59. The summed E-state index contributed by atoms with van der Waals surface area (Å²) in [7, 11) is 3.73. The molecule has 1 spiro atoms. The van der Waals surface area contributed by atoms with Crippen molar-refractivity contribution in [3.8, 4) is 17.2 Å². The average Bonchev–Trinajstić information content (AvgIpc) is 3.37. The molecule has 0 bridgehead atoms. The van der Waals surface area contributed by atoms with Crippen LogP contribution in [0.15, 0.2) is 53.1 Å². The fraction of sp³-hybridized carbons (Fsp3) is 0.375. The molecule has 0 N–H and O–H groups in total. The van der Waals surface area contributed by atoms with Gasteiger partial charge in [-0.2, -0.15) is 4.98 Å². The molecule has 2 aliphatic heterocycles. The van der Waals surface area contributed by atoms with E-state index in [4.69, 9.17) is 9.26 Å². The van der Waals surface area contributed by atoms with Gasteiger partial charge in [0, 0.05) is 36.2 Å².